The number of anilines is 3. The second-order valence-electron chi connectivity index (χ2n) is 16.8. The molecule has 2 aliphatic carbocycles. The van der Waals surface area contributed by atoms with Gasteiger partial charge in [0.05, 0.1) is 8.43 Å². The minimum Gasteiger partial charge on any atom is -0.310 e. The maximum atomic E-state index is 9.69. The zero-order valence-corrected chi connectivity index (χ0v) is 32.7. The van der Waals surface area contributed by atoms with Crippen molar-refractivity contribution in [3.8, 4) is 22.3 Å². The van der Waals surface area contributed by atoms with Gasteiger partial charge in [-0.05, 0) is 119 Å². The average molecular weight is 732 g/mol. The van der Waals surface area contributed by atoms with Crippen molar-refractivity contribution in [1.29, 1.82) is 0 Å². The van der Waals surface area contributed by atoms with Gasteiger partial charge < -0.3 is 4.90 Å². The highest BCUT2D eigenvalue weighted by molar-refractivity contribution is 6.12. The van der Waals surface area contributed by atoms with Crippen LogP contribution in [0, 0.1) is 0 Å². The molecular weight excluding hydrogens is 687 g/mol. The van der Waals surface area contributed by atoms with Crippen molar-refractivity contribution in [3.05, 3.63) is 209 Å². The zero-order chi connectivity index (χ0) is 40.2. The minimum atomic E-state index is -0.163. The summed E-state index contributed by atoms with van der Waals surface area (Å²) >= 11 is 0. The number of nitrogens with zero attached hydrogens (tertiary/aromatic N) is 1. The molecule has 0 radical (unpaired) electrons. The molecule has 9 aromatic rings. The summed E-state index contributed by atoms with van der Waals surface area (Å²) in [5.41, 5.74) is 14.9. The van der Waals surface area contributed by atoms with Crippen LogP contribution in [0.4, 0.5) is 17.1 Å². The Morgan fingerprint density at radius 1 is 0.386 bits per heavy atom. The largest absolute Gasteiger partial charge is 0.310 e. The van der Waals surface area contributed by atoms with E-state index in [2.05, 4.69) is 184 Å². The van der Waals surface area contributed by atoms with E-state index < -0.39 is 0 Å². The van der Waals surface area contributed by atoms with Crippen LogP contribution < -0.4 is 4.90 Å². The van der Waals surface area contributed by atoms with Crippen molar-refractivity contribution in [2.45, 2.75) is 38.5 Å². The highest BCUT2D eigenvalue weighted by atomic mass is 15.1. The van der Waals surface area contributed by atoms with Crippen molar-refractivity contribution in [1.82, 2.24) is 0 Å². The van der Waals surface area contributed by atoms with Crippen LogP contribution >= 0.6 is 0 Å². The molecule has 0 bridgehead atoms. The first-order valence-electron chi connectivity index (χ1n) is 21.0. The molecule has 0 N–H and O–H groups in total. The average Bonchev–Trinajstić information content (AvgIpc) is 3.64. The molecule has 0 unspecified atom stereocenters. The summed E-state index contributed by atoms with van der Waals surface area (Å²) in [7, 11) is 0. The molecule has 1 nitrogen and oxygen atoms in total. The lowest BCUT2D eigenvalue weighted by molar-refractivity contribution is 0.660. The van der Waals surface area contributed by atoms with Gasteiger partial charge in [0.25, 0.3) is 0 Å². The summed E-state index contributed by atoms with van der Waals surface area (Å²) in [6.07, 6.45) is 0. The quantitative estimate of drug-likeness (QED) is 0.126. The summed E-state index contributed by atoms with van der Waals surface area (Å²) in [6.45, 7) is 9.35. The van der Waals surface area contributed by atoms with Crippen LogP contribution in [0.2, 0.25) is 0 Å². The van der Waals surface area contributed by atoms with E-state index in [4.69, 9.17) is 0 Å². The lowest BCUT2D eigenvalue weighted by Crippen LogP contribution is -2.18. The molecule has 272 valence electrons. The minimum absolute atomic E-state index is 0.163. The molecule has 0 heterocycles. The van der Waals surface area contributed by atoms with Gasteiger partial charge in [-0.25, -0.2) is 0 Å². The lowest BCUT2D eigenvalue weighted by Gasteiger charge is -2.30. The first-order valence-corrected chi connectivity index (χ1v) is 20.0. The first-order chi connectivity index (χ1) is 28.6. The third-order valence-corrected chi connectivity index (χ3v) is 12.9. The first kappa shape index (κ1) is 31.5. The Bertz CT molecular complexity index is 3150. The monoisotopic (exact) mass is 731 g/mol. The molecule has 1 heteroatoms. The summed E-state index contributed by atoms with van der Waals surface area (Å²) < 4.78 is 19.3. The Labute approximate surface area is 338 Å². The topological polar surface area (TPSA) is 3.24 Å². The summed E-state index contributed by atoms with van der Waals surface area (Å²) in [5.74, 6) is 0. The predicted molar refractivity (Wildman–Crippen MR) is 244 cm³/mol. The van der Waals surface area contributed by atoms with Gasteiger partial charge in [0.2, 0.25) is 0 Å². The fraction of sp³-hybridized carbons (Fsp3) is 0.107. The Balaban J connectivity index is 1.12. The summed E-state index contributed by atoms with van der Waals surface area (Å²) in [4.78, 5) is 2.41. The molecule has 0 fully saturated rings. The van der Waals surface area contributed by atoms with Crippen LogP contribution in [0.3, 0.4) is 0 Å². The standard InChI is InChI=1S/C56H43N/c1-55(2)50-23-13-11-20-45(50)47-30-28-39(34-52(47)55)57(40-29-31-48-46-21-12-14-24-51(46)56(3,4)53(48)35-40)54-32-27-36(41-16-8-10-22-49(41)54)25-26-38-33-37-15-5-6-17-42(37)44-19-9-7-18-43(38)44/h5-35H,1-4H3/b26-25+/i25D,26D. The van der Waals surface area contributed by atoms with E-state index in [9.17, 15) is 2.74 Å². The van der Waals surface area contributed by atoms with E-state index in [0.29, 0.717) is 0 Å². The Morgan fingerprint density at radius 2 is 0.842 bits per heavy atom. The highest BCUT2D eigenvalue weighted by Crippen LogP contribution is 2.53. The fourth-order valence-corrected chi connectivity index (χ4v) is 9.97. The van der Waals surface area contributed by atoms with E-state index in [1.807, 2.05) is 24.3 Å². The van der Waals surface area contributed by atoms with E-state index in [0.717, 1.165) is 60.5 Å². The third-order valence-electron chi connectivity index (χ3n) is 12.9. The Kier molecular flexibility index (Phi) is 6.85. The van der Waals surface area contributed by atoms with Crippen molar-refractivity contribution in [3.63, 3.8) is 0 Å². The van der Waals surface area contributed by atoms with Gasteiger partial charge in [0.1, 0.15) is 0 Å². The second kappa shape index (κ2) is 12.4. The second-order valence-corrected chi connectivity index (χ2v) is 16.8. The van der Waals surface area contributed by atoms with Gasteiger partial charge in [-0.3, -0.25) is 0 Å². The predicted octanol–water partition coefficient (Wildman–Crippen LogP) is 15.4. The lowest BCUT2D eigenvalue weighted by atomic mass is 9.82. The van der Waals surface area contributed by atoms with Gasteiger partial charge in [-0.1, -0.05) is 179 Å². The molecule has 11 rings (SSSR count). The molecular formula is C56H43N. The maximum absolute atomic E-state index is 9.69. The molecule has 0 saturated heterocycles. The van der Waals surface area contributed by atoms with E-state index in [1.165, 1.54) is 44.5 Å². The summed E-state index contributed by atoms with van der Waals surface area (Å²) in [5, 5.41) is 6.26. The van der Waals surface area contributed by atoms with Crippen LogP contribution in [-0.2, 0) is 10.8 Å². The number of fused-ring (bicyclic) bond motifs is 10. The maximum Gasteiger partial charge on any atom is 0.0629 e. The number of rotatable bonds is 5. The van der Waals surface area contributed by atoms with Crippen LogP contribution in [0.1, 0.15) is 63.8 Å². The molecule has 0 atom stereocenters. The highest BCUT2D eigenvalue weighted by Gasteiger charge is 2.37. The van der Waals surface area contributed by atoms with E-state index in [-0.39, 0.29) is 22.9 Å². The number of hydrogen-bond donors (Lipinski definition) is 0. The molecule has 0 aromatic heterocycles. The molecule has 57 heavy (non-hydrogen) atoms. The normalized spacial score (nSPS) is 15.4. The van der Waals surface area contributed by atoms with Crippen LogP contribution in [0.25, 0.3) is 66.7 Å². The van der Waals surface area contributed by atoms with Crippen LogP contribution in [0.5, 0.6) is 0 Å². The van der Waals surface area contributed by atoms with Gasteiger partial charge in [-0.2, -0.15) is 0 Å². The van der Waals surface area contributed by atoms with Crippen LogP contribution in [0.15, 0.2) is 176 Å². The Hall–Kier alpha value is -6.70. The van der Waals surface area contributed by atoms with Gasteiger partial charge in [0.15, 0.2) is 0 Å². The third kappa shape index (κ3) is 5.02. The summed E-state index contributed by atoms with van der Waals surface area (Å²) in [6, 6.07) is 63.3. The molecule has 9 aromatic carbocycles. The van der Waals surface area contributed by atoms with Crippen molar-refractivity contribution >= 4 is 61.5 Å². The number of hydrogen-bond acceptors (Lipinski definition) is 1. The SMILES string of the molecule is [2H]/C(=C(/[2H])c1cc2ccccc2c2ccccc12)c1ccc(N(c2ccc3c(c2)C(C)(C)c2ccccc2-3)c2ccc3c(c2)C(C)(C)c2ccccc2-3)c2ccccc12. The molecule has 2 aliphatic rings. The van der Waals surface area contributed by atoms with Gasteiger partial charge in [0, 0.05) is 27.6 Å². The van der Waals surface area contributed by atoms with Crippen molar-refractivity contribution < 1.29 is 2.74 Å². The number of benzene rings is 9. The molecule has 0 amide bonds. The zero-order valence-electron chi connectivity index (χ0n) is 34.7. The van der Waals surface area contributed by atoms with Crippen molar-refractivity contribution in [2.24, 2.45) is 0 Å². The van der Waals surface area contributed by atoms with Crippen LogP contribution in [-0.4, -0.2) is 0 Å². The van der Waals surface area contributed by atoms with E-state index >= 15 is 0 Å². The van der Waals surface area contributed by atoms with E-state index in [1.54, 1.807) is 0 Å². The molecule has 0 spiro atoms. The molecule has 0 saturated carbocycles. The van der Waals surface area contributed by atoms with Gasteiger partial charge in [-0.15, -0.1) is 0 Å². The smallest absolute Gasteiger partial charge is 0.0629 e. The Morgan fingerprint density at radius 3 is 1.46 bits per heavy atom. The fourth-order valence-electron chi connectivity index (χ4n) is 9.97. The van der Waals surface area contributed by atoms with Gasteiger partial charge >= 0.3 is 0 Å². The van der Waals surface area contributed by atoms with Crippen molar-refractivity contribution in [2.75, 3.05) is 4.90 Å². The molecule has 0 aliphatic heterocycles.